The molecule has 1 N–H and O–H groups in total. The van der Waals surface area contributed by atoms with E-state index in [9.17, 15) is 4.79 Å². The molecule has 0 spiro atoms. The Balaban J connectivity index is 2.11. The van der Waals surface area contributed by atoms with E-state index in [2.05, 4.69) is 10.3 Å². The monoisotopic (exact) mass is 307 g/mol. The molecule has 0 bridgehead atoms. The second-order valence-electron chi connectivity index (χ2n) is 5.31. The highest BCUT2D eigenvalue weighted by Crippen LogP contribution is 2.27. The van der Waals surface area contributed by atoms with Gasteiger partial charge in [0.2, 0.25) is 0 Å². The van der Waals surface area contributed by atoms with Crippen LogP contribution < -0.4 is 5.32 Å². The number of hydrogen-bond acceptors (Lipinski definition) is 4. The third kappa shape index (κ3) is 2.76. The van der Waals surface area contributed by atoms with Crippen LogP contribution in [0.5, 0.6) is 0 Å². The van der Waals surface area contributed by atoms with Gasteiger partial charge in [-0.25, -0.2) is 9.78 Å². The van der Waals surface area contributed by atoms with E-state index >= 15 is 0 Å². The molecule has 112 valence electrons. The minimum atomic E-state index is -0.428. The normalized spacial score (nSPS) is 19.4. The number of carbonyl (C=O) groups excluding carboxylic acids is 1. The lowest BCUT2D eigenvalue weighted by atomic mass is 10.0. The first-order valence-electron chi connectivity index (χ1n) is 7.17. The Bertz CT molecular complexity index is 660. The number of halogens is 1. The molecule has 3 heterocycles. The second kappa shape index (κ2) is 6.03. The fourth-order valence-electron chi connectivity index (χ4n) is 2.86. The summed E-state index contributed by atoms with van der Waals surface area (Å²) in [6, 6.07) is 3.57. The first-order chi connectivity index (χ1) is 10.2. The number of nitrogens with one attached hydrogen (secondary N) is 1. The fraction of sp³-hybridized carbons (Fsp3) is 0.467. The van der Waals surface area contributed by atoms with E-state index in [1.54, 1.807) is 6.07 Å². The molecule has 1 unspecified atom stereocenters. The Morgan fingerprint density at radius 1 is 1.52 bits per heavy atom. The number of nitrogens with zero attached hydrogens (tertiary/aromatic N) is 2. The van der Waals surface area contributed by atoms with Crippen molar-refractivity contribution in [1.29, 1.82) is 0 Å². The predicted molar refractivity (Wildman–Crippen MR) is 81.0 cm³/mol. The van der Waals surface area contributed by atoms with Gasteiger partial charge in [-0.05, 0) is 31.5 Å². The summed E-state index contributed by atoms with van der Waals surface area (Å²) in [6.07, 6.45) is 5.27. The number of pyridine rings is 1. The lowest BCUT2D eigenvalue weighted by Crippen LogP contribution is -2.20. The highest BCUT2D eigenvalue weighted by atomic mass is 35.5. The minimum Gasteiger partial charge on any atom is -0.464 e. The van der Waals surface area contributed by atoms with E-state index in [-0.39, 0.29) is 0 Å². The molecule has 0 saturated carbocycles. The maximum atomic E-state index is 11.9. The summed E-state index contributed by atoms with van der Waals surface area (Å²) in [6.45, 7) is 1.91. The highest BCUT2D eigenvalue weighted by molar-refractivity contribution is 6.31. The van der Waals surface area contributed by atoms with Gasteiger partial charge < -0.3 is 14.5 Å². The van der Waals surface area contributed by atoms with Crippen molar-refractivity contribution in [2.75, 3.05) is 20.2 Å². The number of aromatic nitrogens is 2. The number of rotatable bonds is 2. The van der Waals surface area contributed by atoms with Crippen LogP contribution in [0.3, 0.4) is 0 Å². The van der Waals surface area contributed by atoms with E-state index < -0.39 is 5.97 Å². The molecule has 1 fully saturated rings. The Morgan fingerprint density at radius 2 is 2.38 bits per heavy atom. The molecule has 1 aliphatic rings. The molecule has 0 aromatic carbocycles. The zero-order chi connectivity index (χ0) is 14.8. The van der Waals surface area contributed by atoms with Gasteiger partial charge in [0, 0.05) is 23.7 Å². The van der Waals surface area contributed by atoms with Crippen LogP contribution in [0, 0.1) is 0 Å². The number of fused-ring (bicyclic) bond motifs is 1. The molecular formula is C15H18ClN3O2. The van der Waals surface area contributed by atoms with Crippen molar-refractivity contribution >= 4 is 23.1 Å². The molecule has 0 aliphatic carbocycles. The molecular weight excluding hydrogens is 290 g/mol. The van der Waals surface area contributed by atoms with E-state index in [1.807, 2.05) is 16.7 Å². The standard InChI is InChI=1S/C15H18ClN3O2/c1-21-15(20)13-12-8-11(16)5-7-19(12)14(18-13)10-4-2-3-6-17-9-10/h5,7-8,10,17H,2-4,6,9H2,1H3. The van der Waals surface area contributed by atoms with Crippen LogP contribution in [0.1, 0.15) is 41.5 Å². The van der Waals surface area contributed by atoms with E-state index in [0.717, 1.165) is 31.8 Å². The Morgan fingerprint density at radius 3 is 3.19 bits per heavy atom. The van der Waals surface area contributed by atoms with Gasteiger partial charge in [0.15, 0.2) is 5.69 Å². The quantitative estimate of drug-likeness (QED) is 0.867. The molecule has 21 heavy (non-hydrogen) atoms. The molecule has 1 saturated heterocycles. The van der Waals surface area contributed by atoms with Gasteiger partial charge in [-0.1, -0.05) is 18.0 Å². The van der Waals surface area contributed by atoms with E-state index in [1.165, 1.54) is 13.5 Å². The molecule has 2 aromatic rings. The van der Waals surface area contributed by atoms with Crippen molar-refractivity contribution in [2.45, 2.75) is 25.2 Å². The van der Waals surface area contributed by atoms with E-state index in [0.29, 0.717) is 22.2 Å². The average Bonchev–Trinajstić information content (AvgIpc) is 2.68. The van der Waals surface area contributed by atoms with Gasteiger partial charge in [0.05, 0.1) is 12.6 Å². The number of carbonyl (C=O) groups is 1. The first-order valence-corrected chi connectivity index (χ1v) is 7.55. The largest absolute Gasteiger partial charge is 0.464 e. The van der Waals surface area contributed by atoms with Gasteiger partial charge in [-0.2, -0.15) is 0 Å². The van der Waals surface area contributed by atoms with Crippen molar-refractivity contribution in [3.05, 3.63) is 34.9 Å². The van der Waals surface area contributed by atoms with Crippen molar-refractivity contribution in [1.82, 2.24) is 14.7 Å². The van der Waals surface area contributed by atoms with Gasteiger partial charge in [-0.3, -0.25) is 0 Å². The van der Waals surface area contributed by atoms with Crippen molar-refractivity contribution < 1.29 is 9.53 Å². The highest BCUT2D eigenvalue weighted by Gasteiger charge is 2.24. The summed E-state index contributed by atoms with van der Waals surface area (Å²) >= 11 is 6.05. The number of methoxy groups -OCH3 is 1. The third-order valence-corrected chi connectivity index (χ3v) is 4.16. The molecule has 0 radical (unpaired) electrons. The van der Waals surface area contributed by atoms with Crippen LogP contribution in [0.15, 0.2) is 18.3 Å². The third-order valence-electron chi connectivity index (χ3n) is 3.92. The van der Waals surface area contributed by atoms with Crippen molar-refractivity contribution in [2.24, 2.45) is 0 Å². The van der Waals surface area contributed by atoms with E-state index in [4.69, 9.17) is 16.3 Å². The Labute approximate surface area is 128 Å². The number of ether oxygens (including phenoxy) is 1. The van der Waals surface area contributed by atoms with Crippen LogP contribution >= 0.6 is 11.6 Å². The summed E-state index contributed by atoms with van der Waals surface area (Å²) in [5, 5.41) is 4.01. The molecule has 1 atom stereocenters. The molecule has 6 heteroatoms. The number of esters is 1. The SMILES string of the molecule is COC(=O)c1nc(C2CCCCNC2)n2ccc(Cl)cc12. The van der Waals surface area contributed by atoms with Gasteiger partial charge in [0.1, 0.15) is 5.82 Å². The predicted octanol–water partition coefficient (Wildman–Crippen LogP) is 2.63. The Kier molecular flexibility index (Phi) is 4.12. The van der Waals surface area contributed by atoms with Gasteiger partial charge in [-0.15, -0.1) is 0 Å². The Hall–Kier alpha value is -1.59. The summed E-state index contributed by atoms with van der Waals surface area (Å²) in [4.78, 5) is 16.5. The summed E-state index contributed by atoms with van der Waals surface area (Å²) in [7, 11) is 1.37. The minimum absolute atomic E-state index is 0.291. The maximum Gasteiger partial charge on any atom is 0.358 e. The zero-order valence-electron chi connectivity index (χ0n) is 11.9. The fourth-order valence-corrected chi connectivity index (χ4v) is 3.02. The van der Waals surface area contributed by atoms with Crippen molar-refractivity contribution in [3.8, 4) is 0 Å². The smallest absolute Gasteiger partial charge is 0.358 e. The van der Waals surface area contributed by atoms with Crippen LogP contribution in [-0.2, 0) is 4.74 Å². The molecule has 3 rings (SSSR count). The van der Waals surface area contributed by atoms with Gasteiger partial charge >= 0.3 is 5.97 Å². The lowest BCUT2D eigenvalue weighted by Gasteiger charge is -2.12. The second-order valence-corrected chi connectivity index (χ2v) is 5.74. The maximum absolute atomic E-state index is 11.9. The summed E-state index contributed by atoms with van der Waals surface area (Å²) in [5.41, 5.74) is 1.04. The molecule has 2 aromatic heterocycles. The van der Waals surface area contributed by atoms with Crippen LogP contribution in [0.2, 0.25) is 5.02 Å². The molecule has 5 nitrogen and oxygen atoms in total. The average molecular weight is 308 g/mol. The lowest BCUT2D eigenvalue weighted by molar-refractivity contribution is 0.0596. The number of hydrogen-bond donors (Lipinski definition) is 1. The molecule has 0 amide bonds. The topological polar surface area (TPSA) is 55.6 Å². The number of imidazole rings is 1. The van der Waals surface area contributed by atoms with Crippen molar-refractivity contribution in [3.63, 3.8) is 0 Å². The van der Waals surface area contributed by atoms with Crippen LogP contribution in [0.4, 0.5) is 0 Å². The summed E-state index contributed by atoms with van der Waals surface area (Å²) in [5.74, 6) is 0.763. The summed E-state index contributed by atoms with van der Waals surface area (Å²) < 4.78 is 6.79. The van der Waals surface area contributed by atoms with Gasteiger partial charge in [0.25, 0.3) is 0 Å². The first kappa shape index (κ1) is 14.4. The zero-order valence-corrected chi connectivity index (χ0v) is 12.7. The van der Waals surface area contributed by atoms with Crippen LogP contribution in [-0.4, -0.2) is 35.6 Å². The molecule has 1 aliphatic heterocycles. The van der Waals surface area contributed by atoms with Crippen LogP contribution in [0.25, 0.3) is 5.52 Å².